The van der Waals surface area contributed by atoms with Crippen LogP contribution in [0.2, 0.25) is 0 Å². The van der Waals surface area contributed by atoms with Gasteiger partial charge in [-0.15, -0.1) is 0 Å². The molecule has 366 valence electrons. The first-order valence-electron chi connectivity index (χ1n) is 19.9. The fourth-order valence-corrected chi connectivity index (χ4v) is 10.6. The lowest BCUT2D eigenvalue weighted by Gasteiger charge is -2.24. The number of ether oxygens (including phenoxy) is 6. The second-order valence-corrected chi connectivity index (χ2v) is 21.6. The summed E-state index contributed by atoms with van der Waals surface area (Å²) in [6.07, 6.45) is 3.44. The van der Waals surface area contributed by atoms with E-state index in [0.29, 0.717) is 76.9 Å². The van der Waals surface area contributed by atoms with Crippen molar-refractivity contribution in [2.45, 2.75) is 75.6 Å². The van der Waals surface area contributed by atoms with E-state index < -0.39 is 53.3 Å². The summed E-state index contributed by atoms with van der Waals surface area (Å²) in [5.74, 6) is 0.00261. The van der Waals surface area contributed by atoms with Gasteiger partial charge in [-0.25, -0.2) is 28.6 Å². The Hall–Kier alpha value is -2.17. The predicted octanol–water partition coefficient (Wildman–Crippen LogP) is 2.49. The number of aliphatic imine (C=N–C) groups is 1. The minimum absolute atomic E-state index is 0.00995. The van der Waals surface area contributed by atoms with E-state index in [0.717, 1.165) is 25.8 Å². The van der Waals surface area contributed by atoms with Crippen molar-refractivity contribution in [2.75, 3.05) is 90.8 Å². The number of hydrogen-bond acceptors (Lipinski definition) is 21. The van der Waals surface area contributed by atoms with Crippen LogP contribution in [0.15, 0.2) is 17.6 Å². The van der Waals surface area contributed by atoms with Gasteiger partial charge in [0.2, 0.25) is 11.8 Å². The summed E-state index contributed by atoms with van der Waals surface area (Å²) in [7, 11) is -14.0. The Morgan fingerprint density at radius 3 is 2.23 bits per heavy atom. The lowest BCUT2D eigenvalue weighted by atomic mass is 10.2. The number of amides is 2. The molecule has 3 rings (SSSR count). The highest BCUT2D eigenvalue weighted by atomic mass is 33.1. The molecule has 8 N–H and O–H groups in total. The van der Waals surface area contributed by atoms with Gasteiger partial charge < -0.3 is 69.4 Å². The third-order valence-corrected chi connectivity index (χ3v) is 15.1. The number of aromatic nitrogens is 4. The van der Waals surface area contributed by atoms with Crippen LogP contribution in [-0.2, 0) is 64.9 Å². The molecule has 2 aromatic rings. The van der Waals surface area contributed by atoms with E-state index in [2.05, 4.69) is 45.9 Å². The zero-order valence-corrected chi connectivity index (χ0v) is 39.8. The molecule has 1 aliphatic heterocycles. The summed E-state index contributed by atoms with van der Waals surface area (Å²) in [5.41, 5.74) is 6.53. The van der Waals surface area contributed by atoms with Gasteiger partial charge in [0.1, 0.15) is 30.1 Å². The SMILES string of the molecule is C=NCCCCCC(=O)NCCOCCOCCOCCOCCC(=O)NCC(C)(C)SSCO[C@@H]1C[C@H](n2cnc3c(N)ncnc32)O[C@@H]1COP(=O)(O)OP(=O)(O)OP(=O)(O)O. The molecule has 2 unspecified atom stereocenters. The molecule has 3 heterocycles. The van der Waals surface area contributed by atoms with Crippen molar-refractivity contribution in [3.05, 3.63) is 12.7 Å². The number of rotatable bonds is 36. The monoisotopic (exact) mass is 1010 g/mol. The molecular formula is C33H59N8O18P3S2. The molecule has 2 amide bonds. The minimum atomic E-state index is -5.74. The van der Waals surface area contributed by atoms with Crippen LogP contribution in [0.3, 0.4) is 0 Å². The average molecular weight is 1010 g/mol. The number of carbonyl (C=O) groups excluding carboxylic acids is 2. The fraction of sp³-hybridized carbons (Fsp3) is 0.758. The third kappa shape index (κ3) is 23.5. The molecular weight excluding hydrogens is 953 g/mol. The normalized spacial score (nSPS) is 18.8. The number of hydrogen-bond donors (Lipinski definition) is 7. The summed E-state index contributed by atoms with van der Waals surface area (Å²) < 4.78 is 82.7. The number of phosphoric ester groups is 1. The average Bonchev–Trinajstić information content (AvgIpc) is 3.83. The number of nitrogen functional groups attached to an aromatic ring is 1. The smallest absolute Gasteiger partial charge is 0.382 e. The van der Waals surface area contributed by atoms with Crippen LogP contribution >= 0.6 is 45.1 Å². The second-order valence-electron chi connectivity index (χ2n) is 14.2. The van der Waals surface area contributed by atoms with Crippen LogP contribution in [0.5, 0.6) is 0 Å². The number of unbranched alkanes of at least 4 members (excludes halogenated alkanes) is 2. The zero-order chi connectivity index (χ0) is 47.1. The molecule has 1 aliphatic rings. The van der Waals surface area contributed by atoms with Gasteiger partial charge in [-0.2, -0.15) is 8.62 Å². The predicted molar refractivity (Wildman–Crippen MR) is 234 cm³/mol. The molecule has 0 spiro atoms. The van der Waals surface area contributed by atoms with Gasteiger partial charge in [0.15, 0.2) is 11.5 Å². The summed E-state index contributed by atoms with van der Waals surface area (Å²) in [5, 5.41) is 5.71. The number of imidazole rings is 1. The van der Waals surface area contributed by atoms with Gasteiger partial charge in [-0.3, -0.25) is 18.7 Å². The minimum Gasteiger partial charge on any atom is -0.382 e. The van der Waals surface area contributed by atoms with Crippen molar-refractivity contribution in [1.82, 2.24) is 30.2 Å². The zero-order valence-electron chi connectivity index (χ0n) is 35.5. The topological polar surface area (TPSA) is 355 Å². The Kier molecular flexibility index (Phi) is 25.3. The first kappa shape index (κ1) is 56.2. The van der Waals surface area contributed by atoms with Crippen LogP contribution in [0.4, 0.5) is 5.82 Å². The Balaban J connectivity index is 1.28. The number of nitrogens with one attached hydrogen (secondary N) is 2. The molecule has 1 saturated heterocycles. The summed E-state index contributed by atoms with van der Waals surface area (Å²) in [6.45, 7) is 10.8. The second kappa shape index (κ2) is 28.9. The Labute approximate surface area is 378 Å². The molecule has 0 aliphatic carbocycles. The summed E-state index contributed by atoms with van der Waals surface area (Å²) >= 11 is 0. The molecule has 31 heteroatoms. The van der Waals surface area contributed by atoms with Crippen LogP contribution in [0.25, 0.3) is 11.2 Å². The standard InChI is InChI=1S/C33H59N8O18P3S2/c1-33(2,21-37-28(43)8-11-51-13-15-53-17-18-54-16-14-52-12-10-36-27(42)7-5-4-6-9-35-3)64-63-24-55-25-19-29(41-23-40-30-31(34)38-22-39-32(30)41)57-26(25)20-56-61(47,48)59-62(49,50)58-60(44,45)46/h22-23,25-26,29H,3-21,24H2,1-2H3,(H,36,42)(H,37,43)(H,47,48)(H,49,50)(H2,34,38,39)(H2,44,45,46)/t25-,26-,29-/m1/s1. The van der Waals surface area contributed by atoms with Crippen LogP contribution in [0.1, 0.15) is 58.6 Å². The number of carbonyl (C=O) groups is 2. The number of nitrogens with two attached hydrogens (primary N) is 1. The lowest BCUT2D eigenvalue weighted by Crippen LogP contribution is -2.36. The number of fused-ring (bicyclic) bond motifs is 1. The van der Waals surface area contributed by atoms with E-state index in [9.17, 15) is 33.1 Å². The molecule has 2 aromatic heterocycles. The van der Waals surface area contributed by atoms with Gasteiger partial charge in [0.05, 0.1) is 71.9 Å². The Morgan fingerprint density at radius 1 is 0.906 bits per heavy atom. The van der Waals surface area contributed by atoms with Crippen LogP contribution in [0, 0.1) is 0 Å². The highest BCUT2D eigenvalue weighted by Gasteiger charge is 2.44. The molecule has 0 bridgehead atoms. The van der Waals surface area contributed by atoms with Crippen LogP contribution in [-0.4, -0.2) is 160 Å². The largest absolute Gasteiger partial charge is 0.490 e. The van der Waals surface area contributed by atoms with E-state index >= 15 is 0 Å². The first-order chi connectivity index (χ1) is 30.3. The Morgan fingerprint density at radius 2 is 1.56 bits per heavy atom. The maximum Gasteiger partial charge on any atom is 0.490 e. The van der Waals surface area contributed by atoms with Crippen molar-refractivity contribution in [2.24, 2.45) is 4.99 Å². The van der Waals surface area contributed by atoms with Crippen molar-refractivity contribution in [1.29, 1.82) is 0 Å². The van der Waals surface area contributed by atoms with Crippen molar-refractivity contribution >= 4 is 80.6 Å². The fourth-order valence-electron chi connectivity index (χ4n) is 5.44. The quantitative estimate of drug-likeness (QED) is 0.0169. The van der Waals surface area contributed by atoms with E-state index in [1.165, 1.54) is 34.2 Å². The van der Waals surface area contributed by atoms with Gasteiger partial charge >= 0.3 is 23.5 Å². The number of nitrogens with zero attached hydrogens (tertiary/aromatic N) is 5. The van der Waals surface area contributed by atoms with Crippen LogP contribution < -0.4 is 16.4 Å². The van der Waals surface area contributed by atoms with E-state index in [1.807, 2.05) is 13.8 Å². The maximum atomic E-state index is 12.5. The highest BCUT2D eigenvalue weighted by Crippen LogP contribution is 2.66. The summed E-state index contributed by atoms with van der Waals surface area (Å²) in [4.78, 5) is 77.5. The highest BCUT2D eigenvalue weighted by molar-refractivity contribution is 8.77. The molecule has 5 atom stereocenters. The molecule has 0 aromatic carbocycles. The number of anilines is 1. The Bertz CT molecular complexity index is 1880. The van der Waals surface area contributed by atoms with E-state index in [4.69, 9.17) is 48.5 Å². The maximum absolute atomic E-state index is 12.5. The third-order valence-electron chi connectivity index (χ3n) is 8.40. The van der Waals surface area contributed by atoms with Crippen molar-refractivity contribution < 1.29 is 84.4 Å². The first-order valence-corrected chi connectivity index (χ1v) is 26.7. The molecule has 26 nitrogen and oxygen atoms in total. The van der Waals surface area contributed by atoms with E-state index in [1.54, 1.807) is 4.57 Å². The van der Waals surface area contributed by atoms with Gasteiger partial charge in [0, 0.05) is 43.6 Å². The van der Waals surface area contributed by atoms with Crippen molar-refractivity contribution in [3.63, 3.8) is 0 Å². The molecule has 0 saturated carbocycles. The van der Waals surface area contributed by atoms with Crippen molar-refractivity contribution in [3.8, 4) is 0 Å². The lowest BCUT2D eigenvalue weighted by molar-refractivity contribution is -0.122. The van der Waals surface area contributed by atoms with Gasteiger partial charge in [-0.05, 0) is 33.4 Å². The van der Waals surface area contributed by atoms with Gasteiger partial charge in [0.25, 0.3) is 0 Å². The van der Waals surface area contributed by atoms with E-state index in [-0.39, 0.29) is 43.0 Å². The molecule has 0 radical (unpaired) electrons. The molecule has 64 heavy (non-hydrogen) atoms. The summed E-state index contributed by atoms with van der Waals surface area (Å²) in [6, 6.07) is 0. The number of phosphoric acid groups is 3. The van der Waals surface area contributed by atoms with Gasteiger partial charge in [-0.1, -0.05) is 28.0 Å². The molecule has 1 fully saturated rings.